The minimum atomic E-state index is -0.284. The fraction of sp³-hybridized carbons (Fsp3) is 0.167. The molecule has 0 radical (unpaired) electrons. The summed E-state index contributed by atoms with van der Waals surface area (Å²) in [6.07, 6.45) is 1.65. The fourth-order valence-corrected chi connectivity index (χ4v) is 1.54. The van der Waals surface area contributed by atoms with Crippen LogP contribution in [0.4, 0.5) is 10.1 Å². The number of carbonyl (C=O) groups is 1. The maximum absolute atomic E-state index is 13.7. The van der Waals surface area contributed by atoms with Crippen molar-refractivity contribution in [3.05, 3.63) is 42.0 Å². The second-order valence-electron chi connectivity index (χ2n) is 3.27. The molecule has 2 aromatic rings. The van der Waals surface area contributed by atoms with E-state index >= 15 is 0 Å². The van der Waals surface area contributed by atoms with E-state index in [1.54, 1.807) is 24.0 Å². The summed E-state index contributed by atoms with van der Waals surface area (Å²) in [6, 6.07) is 6.76. The van der Waals surface area contributed by atoms with Gasteiger partial charge in [0.15, 0.2) is 5.82 Å². The number of hydrogen-bond acceptors (Lipinski definition) is 3. The van der Waals surface area contributed by atoms with E-state index in [-0.39, 0.29) is 5.82 Å². The predicted octanol–water partition coefficient (Wildman–Crippen LogP) is 2.18. The first-order valence-corrected chi connectivity index (χ1v) is 5.00. The molecule has 0 aliphatic carbocycles. The maximum atomic E-state index is 13.7. The van der Waals surface area contributed by atoms with E-state index in [2.05, 4.69) is 10.4 Å². The molecule has 4 nitrogen and oxygen atoms in total. The van der Waals surface area contributed by atoms with Gasteiger partial charge in [0, 0.05) is 18.9 Å². The van der Waals surface area contributed by atoms with Crippen LogP contribution in [-0.2, 0) is 4.79 Å². The van der Waals surface area contributed by atoms with E-state index in [0.717, 1.165) is 11.4 Å². The molecule has 0 atom stereocenters. The summed E-state index contributed by atoms with van der Waals surface area (Å²) in [6.45, 7) is 3.89. The highest BCUT2D eigenvalue weighted by Crippen LogP contribution is 2.23. The van der Waals surface area contributed by atoms with Crippen LogP contribution in [0.25, 0.3) is 5.69 Å². The van der Waals surface area contributed by atoms with E-state index < -0.39 is 0 Å². The van der Waals surface area contributed by atoms with Crippen LogP contribution in [-0.4, -0.2) is 23.6 Å². The lowest BCUT2D eigenvalue weighted by Crippen LogP contribution is -2.05. The Hall–Kier alpha value is -2.17. The van der Waals surface area contributed by atoms with Crippen molar-refractivity contribution in [3.8, 4) is 5.69 Å². The molecule has 0 amide bonds. The molecule has 0 fully saturated rings. The third-order valence-corrected chi connectivity index (χ3v) is 2.30. The number of rotatable bonds is 2. The zero-order valence-electron chi connectivity index (χ0n) is 9.77. The number of hydrogen-bond donors (Lipinski definition) is 1. The molecule has 1 heterocycles. The van der Waals surface area contributed by atoms with E-state index in [0.29, 0.717) is 5.69 Å². The van der Waals surface area contributed by atoms with Gasteiger partial charge >= 0.3 is 0 Å². The topological polar surface area (TPSA) is 46.9 Å². The summed E-state index contributed by atoms with van der Waals surface area (Å²) in [5.74, 6) is -0.284. The number of carbonyl (C=O) groups excluding carboxylic acids is 1. The number of nitrogens with zero attached hydrogens (tertiary/aromatic N) is 2. The Bertz CT molecular complexity index is 496. The van der Waals surface area contributed by atoms with Crippen LogP contribution in [0.1, 0.15) is 5.69 Å². The molecule has 1 aromatic heterocycles. The fourth-order valence-electron chi connectivity index (χ4n) is 1.54. The molecular weight excluding hydrogens is 221 g/mol. The van der Waals surface area contributed by atoms with Gasteiger partial charge in [0.1, 0.15) is 12.5 Å². The van der Waals surface area contributed by atoms with Gasteiger partial charge < -0.3 is 10.1 Å². The number of benzene rings is 1. The second kappa shape index (κ2) is 5.79. The number of aryl methyl sites for hydroxylation is 1. The molecule has 17 heavy (non-hydrogen) atoms. The molecule has 5 heteroatoms. The molecule has 0 bridgehead atoms. The Kier molecular flexibility index (Phi) is 4.39. The smallest absolute Gasteiger partial charge is 0.150 e. The Balaban J connectivity index is 0.000000686. The van der Waals surface area contributed by atoms with Gasteiger partial charge in [0.25, 0.3) is 0 Å². The first kappa shape index (κ1) is 12.9. The first-order valence-electron chi connectivity index (χ1n) is 5.00. The van der Waals surface area contributed by atoms with Crippen LogP contribution in [0.5, 0.6) is 0 Å². The molecule has 2 rings (SSSR count). The average molecular weight is 235 g/mol. The molecule has 0 aliphatic rings. The zero-order valence-corrected chi connectivity index (χ0v) is 9.77. The SMILES string of the molecule is C=O.CNc1cccc(F)c1-n1nccc1C. The van der Waals surface area contributed by atoms with Gasteiger partial charge in [0.2, 0.25) is 0 Å². The van der Waals surface area contributed by atoms with Crippen LogP contribution in [0.2, 0.25) is 0 Å². The lowest BCUT2D eigenvalue weighted by molar-refractivity contribution is -0.0979. The molecule has 90 valence electrons. The van der Waals surface area contributed by atoms with Gasteiger partial charge in [0.05, 0.1) is 5.69 Å². The second-order valence-corrected chi connectivity index (χ2v) is 3.27. The van der Waals surface area contributed by atoms with Crippen molar-refractivity contribution in [1.82, 2.24) is 9.78 Å². The van der Waals surface area contributed by atoms with Crippen LogP contribution < -0.4 is 5.32 Å². The van der Waals surface area contributed by atoms with Gasteiger partial charge in [-0.25, -0.2) is 9.07 Å². The predicted molar refractivity (Wildman–Crippen MR) is 64.9 cm³/mol. The van der Waals surface area contributed by atoms with Gasteiger partial charge in [-0.3, -0.25) is 0 Å². The number of para-hydroxylation sites is 1. The first-order chi connectivity index (χ1) is 8.24. The number of anilines is 1. The molecule has 0 unspecified atom stereocenters. The van der Waals surface area contributed by atoms with Gasteiger partial charge in [-0.05, 0) is 25.1 Å². The number of nitrogens with one attached hydrogen (secondary N) is 1. The highest BCUT2D eigenvalue weighted by molar-refractivity contribution is 5.61. The summed E-state index contributed by atoms with van der Waals surface area (Å²) in [7, 11) is 1.76. The maximum Gasteiger partial charge on any atom is 0.150 e. The minimum Gasteiger partial charge on any atom is -0.386 e. The minimum absolute atomic E-state index is 0.284. The van der Waals surface area contributed by atoms with Crippen molar-refractivity contribution in [2.75, 3.05) is 12.4 Å². The molecule has 0 saturated heterocycles. The highest BCUT2D eigenvalue weighted by Gasteiger charge is 2.11. The van der Waals surface area contributed by atoms with Crippen LogP contribution in [0, 0.1) is 12.7 Å². The molecule has 0 aliphatic heterocycles. The Morgan fingerprint density at radius 1 is 1.35 bits per heavy atom. The normalized spacial score (nSPS) is 9.35. The molecule has 0 saturated carbocycles. The largest absolute Gasteiger partial charge is 0.386 e. The van der Waals surface area contributed by atoms with Gasteiger partial charge in [-0.2, -0.15) is 5.10 Å². The Morgan fingerprint density at radius 2 is 2.06 bits per heavy atom. The van der Waals surface area contributed by atoms with Crippen molar-refractivity contribution >= 4 is 12.5 Å². The van der Waals surface area contributed by atoms with Gasteiger partial charge in [-0.15, -0.1) is 0 Å². The highest BCUT2D eigenvalue weighted by atomic mass is 19.1. The van der Waals surface area contributed by atoms with Crippen molar-refractivity contribution in [2.45, 2.75) is 6.92 Å². The molecule has 1 aromatic carbocycles. The average Bonchev–Trinajstić information content (AvgIpc) is 2.77. The molecule has 0 spiro atoms. The van der Waals surface area contributed by atoms with E-state index in [1.165, 1.54) is 6.07 Å². The zero-order chi connectivity index (χ0) is 12.8. The molecule has 1 N–H and O–H groups in total. The van der Waals surface area contributed by atoms with Crippen LogP contribution >= 0.6 is 0 Å². The summed E-state index contributed by atoms with van der Waals surface area (Å²) in [4.78, 5) is 8.00. The standard InChI is InChI=1S/C11H12FN3.CH2O/c1-8-6-7-14-15(8)11-9(12)4-3-5-10(11)13-2;1-2/h3-7,13H,1-2H3;1H2. The quantitative estimate of drug-likeness (QED) is 0.867. The van der Waals surface area contributed by atoms with Crippen molar-refractivity contribution in [2.24, 2.45) is 0 Å². The Morgan fingerprint density at radius 3 is 2.59 bits per heavy atom. The molecular formula is C12H14FN3O. The van der Waals surface area contributed by atoms with Gasteiger partial charge in [-0.1, -0.05) is 6.07 Å². The lowest BCUT2D eigenvalue weighted by atomic mass is 10.2. The van der Waals surface area contributed by atoms with Crippen molar-refractivity contribution in [3.63, 3.8) is 0 Å². The van der Waals surface area contributed by atoms with Crippen LogP contribution in [0.15, 0.2) is 30.5 Å². The van der Waals surface area contributed by atoms with E-state index in [9.17, 15) is 4.39 Å². The lowest BCUT2D eigenvalue weighted by Gasteiger charge is -2.11. The van der Waals surface area contributed by atoms with Crippen LogP contribution in [0.3, 0.4) is 0 Å². The third-order valence-electron chi connectivity index (χ3n) is 2.30. The summed E-state index contributed by atoms with van der Waals surface area (Å²) in [5, 5.41) is 7.04. The third kappa shape index (κ3) is 2.50. The summed E-state index contributed by atoms with van der Waals surface area (Å²) < 4.78 is 15.3. The summed E-state index contributed by atoms with van der Waals surface area (Å²) in [5.41, 5.74) is 2.08. The van der Waals surface area contributed by atoms with Crippen molar-refractivity contribution < 1.29 is 9.18 Å². The summed E-state index contributed by atoms with van der Waals surface area (Å²) >= 11 is 0. The van der Waals surface area contributed by atoms with E-state index in [1.807, 2.05) is 25.8 Å². The monoisotopic (exact) mass is 235 g/mol. The van der Waals surface area contributed by atoms with E-state index in [4.69, 9.17) is 4.79 Å². The number of aromatic nitrogens is 2. The number of halogens is 1. The van der Waals surface area contributed by atoms with Crippen molar-refractivity contribution in [1.29, 1.82) is 0 Å². The Labute approximate surface area is 99.1 Å².